The highest BCUT2D eigenvalue weighted by Crippen LogP contribution is 2.29. The van der Waals surface area contributed by atoms with Gasteiger partial charge in [-0.1, -0.05) is 18.2 Å². The largest absolute Gasteiger partial charge is 0.573 e. The van der Waals surface area contributed by atoms with Gasteiger partial charge >= 0.3 is 6.36 Å². The maximum absolute atomic E-state index is 12.4. The zero-order valence-corrected chi connectivity index (χ0v) is 11.2. The third-order valence-electron chi connectivity index (χ3n) is 2.88. The Kier molecular flexibility index (Phi) is 3.54. The lowest BCUT2D eigenvalue weighted by Crippen LogP contribution is -2.18. The SMILES string of the molecule is FC(F)(F)Oc1ccccc1-n1cc(-c2ccccn2)cn1. The smallest absolute Gasteiger partial charge is 0.403 e. The lowest BCUT2D eigenvalue weighted by Gasteiger charge is -2.12. The molecule has 0 aliphatic carbocycles. The highest BCUT2D eigenvalue weighted by molar-refractivity contribution is 5.58. The van der Waals surface area contributed by atoms with Crippen LogP contribution in [0.25, 0.3) is 16.9 Å². The second-order valence-corrected chi connectivity index (χ2v) is 4.40. The molecule has 0 saturated carbocycles. The zero-order valence-electron chi connectivity index (χ0n) is 11.2. The van der Waals surface area contributed by atoms with Crippen molar-refractivity contribution in [3.8, 4) is 22.7 Å². The molecule has 0 spiro atoms. The van der Waals surface area contributed by atoms with Crippen LogP contribution >= 0.6 is 0 Å². The van der Waals surface area contributed by atoms with Crippen LogP contribution in [0.1, 0.15) is 0 Å². The van der Waals surface area contributed by atoms with Gasteiger partial charge in [0.15, 0.2) is 5.75 Å². The molecule has 4 nitrogen and oxygen atoms in total. The second kappa shape index (κ2) is 5.51. The summed E-state index contributed by atoms with van der Waals surface area (Å²) in [5, 5.41) is 4.08. The monoisotopic (exact) mass is 305 g/mol. The standard InChI is InChI=1S/C15H10F3N3O/c16-15(17,18)22-14-7-2-1-6-13(14)21-10-11(9-20-21)12-5-3-4-8-19-12/h1-10H. The Bertz CT molecular complexity index is 769. The molecule has 0 N–H and O–H groups in total. The number of aromatic nitrogens is 3. The molecule has 0 amide bonds. The first-order chi connectivity index (χ1) is 10.5. The van der Waals surface area contributed by atoms with E-state index in [-0.39, 0.29) is 11.4 Å². The summed E-state index contributed by atoms with van der Waals surface area (Å²) in [6.07, 6.45) is 0.00799. The van der Waals surface area contributed by atoms with Crippen molar-refractivity contribution in [2.45, 2.75) is 6.36 Å². The fourth-order valence-corrected chi connectivity index (χ4v) is 1.98. The summed E-state index contributed by atoms with van der Waals surface area (Å²) in [5.74, 6) is -0.314. The first kappa shape index (κ1) is 14.1. The average molecular weight is 305 g/mol. The van der Waals surface area contributed by atoms with E-state index in [1.54, 1.807) is 30.6 Å². The molecule has 0 radical (unpaired) electrons. The molecule has 0 unspecified atom stereocenters. The van der Waals surface area contributed by atoms with Crippen LogP contribution in [0.4, 0.5) is 13.2 Å². The van der Waals surface area contributed by atoms with Crippen molar-refractivity contribution in [2.24, 2.45) is 0 Å². The number of nitrogens with zero attached hydrogens (tertiary/aromatic N) is 3. The minimum absolute atomic E-state index is 0.196. The lowest BCUT2D eigenvalue weighted by molar-refractivity contribution is -0.274. The van der Waals surface area contributed by atoms with Crippen molar-refractivity contribution in [3.63, 3.8) is 0 Å². The fraction of sp³-hybridized carbons (Fsp3) is 0.0667. The number of para-hydroxylation sites is 2. The van der Waals surface area contributed by atoms with Crippen LogP contribution in [-0.4, -0.2) is 21.1 Å². The molecule has 0 bridgehead atoms. The number of ether oxygens (including phenoxy) is 1. The topological polar surface area (TPSA) is 39.9 Å². The molecule has 3 aromatic rings. The van der Waals surface area contributed by atoms with Gasteiger partial charge in [-0.2, -0.15) is 5.10 Å². The molecule has 7 heteroatoms. The average Bonchev–Trinajstić information content (AvgIpc) is 2.97. The first-order valence-electron chi connectivity index (χ1n) is 6.34. The van der Waals surface area contributed by atoms with Gasteiger partial charge in [0.1, 0.15) is 5.69 Å². The quantitative estimate of drug-likeness (QED) is 0.738. The van der Waals surface area contributed by atoms with Gasteiger partial charge in [-0.25, -0.2) is 4.68 Å². The van der Waals surface area contributed by atoms with E-state index in [9.17, 15) is 13.2 Å². The predicted molar refractivity (Wildman–Crippen MR) is 73.5 cm³/mol. The summed E-state index contributed by atoms with van der Waals surface area (Å²) < 4.78 is 42.7. The molecule has 0 aliphatic rings. The Hall–Kier alpha value is -2.83. The van der Waals surface area contributed by atoms with Gasteiger partial charge in [-0.05, 0) is 24.3 Å². The van der Waals surface area contributed by atoms with E-state index in [2.05, 4.69) is 14.8 Å². The van der Waals surface area contributed by atoms with Gasteiger partial charge in [0.2, 0.25) is 0 Å². The Morgan fingerprint density at radius 3 is 2.50 bits per heavy atom. The van der Waals surface area contributed by atoms with Crippen molar-refractivity contribution < 1.29 is 17.9 Å². The van der Waals surface area contributed by atoms with Crippen LogP contribution in [0.5, 0.6) is 5.75 Å². The van der Waals surface area contributed by atoms with Gasteiger partial charge in [-0.3, -0.25) is 4.98 Å². The number of hydrogen-bond donors (Lipinski definition) is 0. The summed E-state index contributed by atoms with van der Waals surface area (Å²) in [5.41, 5.74) is 1.58. The molecule has 0 saturated heterocycles. The molecule has 0 aliphatic heterocycles. The highest BCUT2D eigenvalue weighted by atomic mass is 19.4. The third kappa shape index (κ3) is 3.08. The van der Waals surface area contributed by atoms with Crippen LogP contribution in [0.3, 0.4) is 0 Å². The number of halogens is 3. The number of hydrogen-bond acceptors (Lipinski definition) is 3. The van der Waals surface area contributed by atoms with Gasteiger partial charge in [0.05, 0.1) is 11.9 Å². The van der Waals surface area contributed by atoms with E-state index in [4.69, 9.17) is 0 Å². The minimum Gasteiger partial charge on any atom is -0.403 e. The Morgan fingerprint density at radius 2 is 1.77 bits per heavy atom. The molecule has 3 rings (SSSR count). The van der Waals surface area contributed by atoms with Crippen molar-refractivity contribution in [3.05, 3.63) is 61.1 Å². The van der Waals surface area contributed by atoms with E-state index in [0.717, 1.165) is 0 Å². The number of benzene rings is 1. The van der Waals surface area contributed by atoms with Crippen molar-refractivity contribution in [2.75, 3.05) is 0 Å². The number of alkyl halides is 3. The van der Waals surface area contributed by atoms with Crippen molar-refractivity contribution in [1.29, 1.82) is 0 Å². The van der Waals surface area contributed by atoms with E-state index < -0.39 is 6.36 Å². The maximum Gasteiger partial charge on any atom is 0.573 e. The van der Waals surface area contributed by atoms with E-state index in [0.29, 0.717) is 11.3 Å². The van der Waals surface area contributed by atoms with E-state index >= 15 is 0 Å². The molecule has 2 heterocycles. The van der Waals surface area contributed by atoms with Gasteiger partial charge in [-0.15, -0.1) is 13.2 Å². The van der Waals surface area contributed by atoms with Crippen LogP contribution < -0.4 is 4.74 Å². The fourth-order valence-electron chi connectivity index (χ4n) is 1.98. The van der Waals surface area contributed by atoms with E-state index in [1.165, 1.54) is 29.1 Å². The summed E-state index contributed by atoms with van der Waals surface area (Å²) in [4.78, 5) is 4.17. The van der Waals surface area contributed by atoms with Crippen molar-refractivity contribution >= 4 is 0 Å². The Labute approximate surface area is 123 Å². The van der Waals surface area contributed by atoms with Crippen LogP contribution in [0.15, 0.2) is 61.1 Å². The molecule has 1 aromatic carbocycles. The number of rotatable bonds is 3. The van der Waals surface area contributed by atoms with Crippen LogP contribution in [0.2, 0.25) is 0 Å². The Morgan fingerprint density at radius 1 is 1.00 bits per heavy atom. The van der Waals surface area contributed by atoms with Gasteiger partial charge < -0.3 is 4.74 Å². The molecule has 112 valence electrons. The zero-order chi connectivity index (χ0) is 15.6. The normalized spacial score (nSPS) is 11.4. The minimum atomic E-state index is -4.76. The van der Waals surface area contributed by atoms with Crippen LogP contribution in [-0.2, 0) is 0 Å². The lowest BCUT2D eigenvalue weighted by atomic mass is 10.2. The molecule has 0 fully saturated rings. The first-order valence-corrected chi connectivity index (χ1v) is 6.34. The summed E-state index contributed by atoms with van der Waals surface area (Å²) in [7, 11) is 0. The maximum atomic E-state index is 12.4. The predicted octanol–water partition coefficient (Wildman–Crippen LogP) is 3.83. The van der Waals surface area contributed by atoms with Gasteiger partial charge in [0.25, 0.3) is 0 Å². The van der Waals surface area contributed by atoms with E-state index in [1.807, 2.05) is 6.07 Å². The molecular weight excluding hydrogens is 295 g/mol. The van der Waals surface area contributed by atoms with Gasteiger partial charge in [0, 0.05) is 18.0 Å². The van der Waals surface area contributed by atoms with Crippen LogP contribution in [0, 0.1) is 0 Å². The molecular formula is C15H10F3N3O. The summed E-state index contributed by atoms with van der Waals surface area (Å²) in [6, 6.07) is 11.2. The molecule has 0 atom stereocenters. The number of pyridine rings is 1. The van der Waals surface area contributed by atoms with Crippen molar-refractivity contribution in [1.82, 2.24) is 14.8 Å². The highest BCUT2D eigenvalue weighted by Gasteiger charge is 2.32. The molecule has 2 aromatic heterocycles. The second-order valence-electron chi connectivity index (χ2n) is 4.40. The third-order valence-corrected chi connectivity index (χ3v) is 2.88. The summed E-state index contributed by atoms with van der Waals surface area (Å²) >= 11 is 0. The Balaban J connectivity index is 1.97. The molecule has 22 heavy (non-hydrogen) atoms. The summed E-state index contributed by atoms with van der Waals surface area (Å²) in [6.45, 7) is 0.